The van der Waals surface area contributed by atoms with E-state index in [1.807, 2.05) is 66.0 Å². The van der Waals surface area contributed by atoms with Crippen LogP contribution in [0.5, 0.6) is 0 Å². The Balaban J connectivity index is 1.59. The van der Waals surface area contributed by atoms with Crippen LogP contribution in [0.15, 0.2) is 66.0 Å². The molecule has 0 aliphatic carbocycles. The molecule has 4 N–H and O–H groups in total. The van der Waals surface area contributed by atoms with Crippen molar-refractivity contribution in [3.8, 4) is 0 Å². The predicted octanol–water partition coefficient (Wildman–Crippen LogP) is 4.43. The topological polar surface area (TPSA) is 97.5 Å². The fraction of sp³-hybridized carbons (Fsp3) is 0.385. The van der Waals surface area contributed by atoms with Crippen molar-refractivity contribution in [3.63, 3.8) is 0 Å². The van der Waals surface area contributed by atoms with Gasteiger partial charge in [0.15, 0.2) is 0 Å². The summed E-state index contributed by atoms with van der Waals surface area (Å²) in [5, 5.41) is 16.7. The van der Waals surface area contributed by atoms with Gasteiger partial charge in [-0.1, -0.05) is 74.5 Å². The lowest BCUT2D eigenvalue weighted by Crippen LogP contribution is -2.47. The summed E-state index contributed by atoms with van der Waals surface area (Å²) in [4.78, 5) is 17.0. The summed E-state index contributed by atoms with van der Waals surface area (Å²) in [6.07, 6.45) is 0.0939. The smallest absolute Gasteiger partial charge is 0.407 e. The summed E-state index contributed by atoms with van der Waals surface area (Å²) >= 11 is 1.56. The molecule has 3 aromatic rings. The number of carbonyl (C=O) groups is 1. The molecule has 0 spiro atoms. The largest absolute Gasteiger partial charge is 0.443 e. The van der Waals surface area contributed by atoms with E-state index in [-0.39, 0.29) is 12.6 Å². The first-order valence-electron chi connectivity index (χ1n) is 11.3. The molecule has 1 aromatic heterocycles. The van der Waals surface area contributed by atoms with Gasteiger partial charge in [-0.05, 0) is 30.4 Å². The van der Waals surface area contributed by atoms with Crippen molar-refractivity contribution < 1.29 is 14.6 Å². The number of hydrogen-bond donors (Lipinski definition) is 3. The second-order valence-corrected chi connectivity index (χ2v) is 9.49. The summed E-state index contributed by atoms with van der Waals surface area (Å²) in [7, 11) is 0. The Kier molecular flexibility index (Phi) is 9.42. The highest BCUT2D eigenvalue weighted by Gasteiger charge is 2.25. The number of nitrogens with one attached hydrogen (secondary N) is 1. The number of nitrogens with two attached hydrogens (primary N) is 1. The minimum atomic E-state index is -0.816. The minimum absolute atomic E-state index is 0.0940. The highest BCUT2D eigenvalue weighted by atomic mass is 32.1. The first-order valence-corrected chi connectivity index (χ1v) is 12.2. The van der Waals surface area contributed by atoms with Crippen LogP contribution in [0, 0.1) is 0 Å². The third-order valence-electron chi connectivity index (χ3n) is 5.37. The van der Waals surface area contributed by atoms with E-state index in [0.29, 0.717) is 25.2 Å². The van der Waals surface area contributed by atoms with Gasteiger partial charge in [-0.2, -0.15) is 0 Å². The van der Waals surface area contributed by atoms with E-state index in [9.17, 15) is 9.90 Å². The molecule has 0 saturated heterocycles. The Hall–Kier alpha value is -2.74. The summed E-state index contributed by atoms with van der Waals surface area (Å²) in [6.45, 7) is 4.25. The van der Waals surface area contributed by atoms with Crippen LogP contribution in [-0.4, -0.2) is 34.4 Å². The Morgan fingerprint density at radius 3 is 2.24 bits per heavy atom. The number of nitrogens with zero attached hydrogens (tertiary/aromatic N) is 1. The number of amides is 1. The van der Waals surface area contributed by atoms with E-state index in [1.54, 1.807) is 11.3 Å². The number of aliphatic hydroxyl groups is 1. The minimum Gasteiger partial charge on any atom is -0.443 e. The van der Waals surface area contributed by atoms with Gasteiger partial charge in [-0.25, -0.2) is 9.78 Å². The highest BCUT2D eigenvalue weighted by molar-refractivity contribution is 7.09. The number of ether oxygens (including phenoxy) is 1. The maximum atomic E-state index is 12.5. The molecular formula is C26H33N3O3S. The van der Waals surface area contributed by atoms with Gasteiger partial charge in [0, 0.05) is 17.3 Å². The molecule has 3 atom stereocenters. The number of carbonyl (C=O) groups excluding carboxylic acids is 1. The molecule has 7 heteroatoms. The van der Waals surface area contributed by atoms with E-state index in [4.69, 9.17) is 10.5 Å². The van der Waals surface area contributed by atoms with E-state index >= 15 is 0 Å². The van der Waals surface area contributed by atoms with Gasteiger partial charge >= 0.3 is 6.09 Å². The maximum Gasteiger partial charge on any atom is 0.407 e. The Bertz CT molecular complexity index is 979. The monoisotopic (exact) mass is 467 g/mol. The molecule has 2 aromatic carbocycles. The molecule has 0 aliphatic rings. The van der Waals surface area contributed by atoms with Gasteiger partial charge in [0.2, 0.25) is 0 Å². The van der Waals surface area contributed by atoms with Crippen molar-refractivity contribution in [2.75, 3.05) is 0 Å². The quantitative estimate of drug-likeness (QED) is 0.388. The Morgan fingerprint density at radius 1 is 1.06 bits per heavy atom. The third-order valence-corrected chi connectivity index (χ3v) is 6.56. The molecular weight excluding hydrogens is 434 g/mol. The van der Waals surface area contributed by atoms with Crippen molar-refractivity contribution in [2.45, 2.75) is 63.8 Å². The number of rotatable bonds is 11. The molecule has 6 nitrogen and oxygen atoms in total. The fourth-order valence-electron chi connectivity index (χ4n) is 3.61. The number of alkyl carbamates (subject to hydrolysis) is 1. The highest BCUT2D eigenvalue weighted by Crippen LogP contribution is 2.19. The zero-order chi connectivity index (χ0) is 23.6. The standard InChI is InChI=1S/C26H33N3O3S/c1-18(2)25-28-22(17-33-25)16-32-26(31)29-23(14-20-11-7-4-8-12-20)24(30)15-21(27)13-19-9-5-3-6-10-19/h3-12,17-18,21,23-24,30H,13-16,27H2,1-2H3,(H,29,31)/t21-,23-,24-/m0/s1. The van der Waals surface area contributed by atoms with Crippen molar-refractivity contribution in [1.82, 2.24) is 10.3 Å². The van der Waals surface area contributed by atoms with Crippen molar-refractivity contribution in [3.05, 3.63) is 87.9 Å². The predicted molar refractivity (Wildman–Crippen MR) is 132 cm³/mol. The molecule has 0 radical (unpaired) electrons. The van der Waals surface area contributed by atoms with Crippen LogP contribution in [0.3, 0.4) is 0 Å². The summed E-state index contributed by atoms with van der Waals surface area (Å²) in [5.41, 5.74) is 9.18. The first kappa shape index (κ1) is 24.9. The molecule has 176 valence electrons. The van der Waals surface area contributed by atoms with Gasteiger partial charge < -0.3 is 20.9 Å². The molecule has 33 heavy (non-hydrogen) atoms. The molecule has 0 fully saturated rings. The van der Waals surface area contributed by atoms with E-state index < -0.39 is 18.2 Å². The summed E-state index contributed by atoms with van der Waals surface area (Å²) in [6, 6.07) is 18.9. The lowest BCUT2D eigenvalue weighted by Gasteiger charge is -2.26. The SMILES string of the molecule is CC(C)c1nc(COC(=O)N[C@@H](Cc2ccccc2)[C@@H](O)C[C@@H](N)Cc2ccccc2)cs1. The normalized spacial score (nSPS) is 14.0. The first-order chi connectivity index (χ1) is 15.9. The van der Waals surface area contributed by atoms with Gasteiger partial charge in [0.05, 0.1) is 22.8 Å². The fourth-order valence-corrected chi connectivity index (χ4v) is 4.43. The lowest BCUT2D eigenvalue weighted by atomic mass is 9.94. The van der Waals surface area contributed by atoms with E-state index in [0.717, 1.165) is 21.8 Å². The molecule has 3 rings (SSSR count). The number of hydrogen-bond acceptors (Lipinski definition) is 6. The molecule has 0 unspecified atom stereocenters. The summed E-state index contributed by atoms with van der Waals surface area (Å²) in [5.74, 6) is 0.336. The van der Waals surface area contributed by atoms with Crippen LogP contribution in [-0.2, 0) is 24.2 Å². The molecule has 1 amide bonds. The lowest BCUT2D eigenvalue weighted by molar-refractivity contribution is 0.0918. The zero-order valence-electron chi connectivity index (χ0n) is 19.2. The van der Waals surface area contributed by atoms with Crippen LogP contribution in [0.4, 0.5) is 4.79 Å². The van der Waals surface area contributed by atoms with Crippen LogP contribution in [0.2, 0.25) is 0 Å². The molecule has 0 aliphatic heterocycles. The molecule has 0 saturated carbocycles. The second-order valence-electron chi connectivity index (χ2n) is 8.60. The van der Waals surface area contributed by atoms with Crippen LogP contribution in [0.25, 0.3) is 0 Å². The van der Waals surface area contributed by atoms with Crippen molar-refractivity contribution in [2.24, 2.45) is 5.73 Å². The number of aliphatic hydroxyl groups excluding tert-OH is 1. The van der Waals surface area contributed by atoms with Crippen molar-refractivity contribution >= 4 is 17.4 Å². The molecule has 0 bridgehead atoms. The Morgan fingerprint density at radius 2 is 1.67 bits per heavy atom. The summed E-state index contributed by atoms with van der Waals surface area (Å²) < 4.78 is 5.39. The van der Waals surface area contributed by atoms with E-state index in [2.05, 4.69) is 24.1 Å². The number of benzene rings is 2. The zero-order valence-corrected chi connectivity index (χ0v) is 20.0. The van der Waals surface area contributed by atoms with Crippen LogP contribution in [0.1, 0.15) is 48.0 Å². The van der Waals surface area contributed by atoms with Crippen LogP contribution < -0.4 is 11.1 Å². The average Bonchev–Trinajstić information content (AvgIpc) is 3.28. The second kappa shape index (κ2) is 12.5. The van der Waals surface area contributed by atoms with Gasteiger partial charge in [0.1, 0.15) is 6.61 Å². The average molecular weight is 468 g/mol. The third kappa shape index (κ3) is 8.28. The number of thiazole rings is 1. The molecule has 1 heterocycles. The van der Waals surface area contributed by atoms with Gasteiger partial charge in [-0.15, -0.1) is 11.3 Å². The Labute approximate surface area is 199 Å². The van der Waals surface area contributed by atoms with Gasteiger partial charge in [0.25, 0.3) is 0 Å². The van der Waals surface area contributed by atoms with Gasteiger partial charge in [-0.3, -0.25) is 0 Å². The maximum absolute atomic E-state index is 12.5. The number of aromatic nitrogens is 1. The van der Waals surface area contributed by atoms with Crippen molar-refractivity contribution in [1.29, 1.82) is 0 Å². The van der Waals surface area contributed by atoms with E-state index in [1.165, 1.54) is 0 Å². The van der Waals surface area contributed by atoms with Crippen LogP contribution >= 0.6 is 11.3 Å².